The average molecular weight is 687 g/mol. The van der Waals surface area contributed by atoms with Crippen LogP contribution in [0.5, 0.6) is 0 Å². The van der Waals surface area contributed by atoms with Crippen LogP contribution in [-0.2, 0) is 22.4 Å². The molecule has 3 aromatic rings. The van der Waals surface area contributed by atoms with Crippen LogP contribution in [0.3, 0.4) is 0 Å². The first kappa shape index (κ1) is 36.6. The molecule has 3 atom stereocenters. The minimum absolute atomic E-state index is 0.0370. The summed E-state index contributed by atoms with van der Waals surface area (Å²) in [5.41, 5.74) is 6.01. The minimum Gasteiger partial charge on any atom is -0.321 e. The van der Waals surface area contributed by atoms with Gasteiger partial charge in [0.1, 0.15) is 0 Å². The first-order chi connectivity index (χ1) is 23.3. The van der Waals surface area contributed by atoms with E-state index in [-0.39, 0.29) is 11.8 Å². The Balaban J connectivity index is 1.56. The standard InChI is InChI=1S/C42H58N2O2S2/c1-7-13-16-28(10-4)19-31-21-37(47-26-31)39-33-24-36-34(23-35(33)43-41(39)45)40(42(46)44(36)25-30(12-6)18-15-9-3)38-22-32(27-48-38)20-29(11-5)17-14-8-2/h21-24,26-30H,7-20,25H2,1-6H3,(H,43,45). The molecule has 2 aliphatic rings. The van der Waals surface area contributed by atoms with Gasteiger partial charge in [0, 0.05) is 32.4 Å². The SMILES string of the molecule is CCCCC(CC)Cc1csc(C2=c3cc4c(cc3NC2=O)=C(c2cc(CC(CC)CCCC)cs2)C(=O)N4CC(CC)CCCC)c1. The van der Waals surface area contributed by atoms with Gasteiger partial charge in [-0.05, 0) is 83.2 Å². The summed E-state index contributed by atoms with van der Waals surface area (Å²) in [5.74, 6) is 1.88. The third-order valence-electron chi connectivity index (χ3n) is 10.8. The quantitative estimate of drug-likeness (QED) is 0.129. The van der Waals surface area contributed by atoms with E-state index >= 15 is 0 Å². The second kappa shape index (κ2) is 17.3. The monoisotopic (exact) mass is 686 g/mol. The number of amides is 2. The molecule has 4 heterocycles. The summed E-state index contributed by atoms with van der Waals surface area (Å²) in [6.07, 6.45) is 16.5. The lowest BCUT2D eigenvalue weighted by atomic mass is 9.93. The van der Waals surface area contributed by atoms with Crippen LogP contribution in [0.4, 0.5) is 11.4 Å². The Bertz CT molecular complexity index is 1680. The molecule has 0 fully saturated rings. The molecule has 0 radical (unpaired) electrons. The molecule has 48 heavy (non-hydrogen) atoms. The number of benzene rings is 1. The Morgan fingerprint density at radius 1 is 0.646 bits per heavy atom. The Labute approximate surface area is 297 Å². The van der Waals surface area contributed by atoms with Crippen molar-refractivity contribution in [2.24, 2.45) is 17.8 Å². The van der Waals surface area contributed by atoms with Gasteiger partial charge in [0.2, 0.25) is 0 Å². The van der Waals surface area contributed by atoms with Crippen LogP contribution in [0.25, 0.3) is 11.1 Å². The number of nitrogens with one attached hydrogen (secondary N) is 1. The normalized spacial score (nSPS) is 16.0. The van der Waals surface area contributed by atoms with Gasteiger partial charge in [-0.2, -0.15) is 0 Å². The van der Waals surface area contributed by atoms with Gasteiger partial charge in [0.05, 0.1) is 16.8 Å². The highest BCUT2D eigenvalue weighted by Gasteiger charge is 2.34. The smallest absolute Gasteiger partial charge is 0.260 e. The van der Waals surface area contributed by atoms with Crippen molar-refractivity contribution in [3.05, 3.63) is 66.3 Å². The molecule has 2 aromatic heterocycles. The molecule has 0 saturated heterocycles. The number of carbonyl (C=O) groups excluding carboxylic acids is 2. The van der Waals surface area contributed by atoms with Crippen molar-refractivity contribution in [3.63, 3.8) is 0 Å². The van der Waals surface area contributed by atoms with E-state index in [1.54, 1.807) is 22.7 Å². The second-order valence-corrected chi connectivity index (χ2v) is 16.2. The molecule has 3 unspecified atom stereocenters. The first-order valence-corrected chi connectivity index (χ1v) is 20.8. The van der Waals surface area contributed by atoms with Crippen LogP contribution >= 0.6 is 22.7 Å². The molecule has 0 aliphatic carbocycles. The number of thiophene rings is 2. The van der Waals surface area contributed by atoms with Crippen LogP contribution in [-0.4, -0.2) is 18.4 Å². The molecule has 0 saturated carbocycles. The van der Waals surface area contributed by atoms with Crippen molar-refractivity contribution in [2.45, 2.75) is 131 Å². The maximum absolute atomic E-state index is 14.5. The van der Waals surface area contributed by atoms with Gasteiger partial charge in [0.15, 0.2) is 0 Å². The lowest BCUT2D eigenvalue weighted by Crippen LogP contribution is -2.34. The van der Waals surface area contributed by atoms with Gasteiger partial charge in [0.25, 0.3) is 11.8 Å². The second-order valence-electron chi connectivity index (χ2n) is 14.3. The fourth-order valence-corrected chi connectivity index (χ4v) is 9.57. The van der Waals surface area contributed by atoms with Crippen molar-refractivity contribution in [1.29, 1.82) is 0 Å². The molecule has 1 aromatic carbocycles. The van der Waals surface area contributed by atoms with Crippen molar-refractivity contribution >= 4 is 57.0 Å². The highest BCUT2D eigenvalue weighted by atomic mass is 32.1. The van der Waals surface area contributed by atoms with Crippen LogP contribution in [0.15, 0.2) is 35.0 Å². The molecule has 1 N–H and O–H groups in total. The maximum Gasteiger partial charge on any atom is 0.260 e. The van der Waals surface area contributed by atoms with E-state index in [0.717, 1.165) is 74.8 Å². The summed E-state index contributed by atoms with van der Waals surface area (Å²) in [7, 11) is 0. The van der Waals surface area contributed by atoms with Gasteiger partial charge in [-0.25, -0.2) is 0 Å². The predicted molar refractivity (Wildman–Crippen MR) is 208 cm³/mol. The zero-order chi connectivity index (χ0) is 34.2. The summed E-state index contributed by atoms with van der Waals surface area (Å²) in [6, 6.07) is 8.76. The number of carbonyl (C=O) groups is 2. The van der Waals surface area contributed by atoms with Crippen LogP contribution < -0.4 is 20.7 Å². The molecule has 2 amide bonds. The summed E-state index contributed by atoms with van der Waals surface area (Å²) < 4.78 is 0. The Hall–Kier alpha value is -2.70. The van der Waals surface area contributed by atoms with Crippen molar-refractivity contribution in [3.8, 4) is 0 Å². The van der Waals surface area contributed by atoms with E-state index in [1.165, 1.54) is 68.9 Å². The van der Waals surface area contributed by atoms with Crippen molar-refractivity contribution in [2.75, 3.05) is 16.8 Å². The number of hydrogen-bond acceptors (Lipinski definition) is 4. The molecular weight excluding hydrogens is 629 g/mol. The number of unbranched alkanes of at least 4 members (excludes halogenated alkanes) is 3. The van der Waals surface area contributed by atoms with E-state index in [1.807, 2.05) is 4.90 Å². The fraction of sp³-hybridized carbons (Fsp3) is 0.571. The van der Waals surface area contributed by atoms with Gasteiger partial charge < -0.3 is 10.2 Å². The summed E-state index contributed by atoms with van der Waals surface area (Å²) in [6.45, 7) is 14.3. The summed E-state index contributed by atoms with van der Waals surface area (Å²) >= 11 is 3.38. The highest BCUT2D eigenvalue weighted by Crippen LogP contribution is 2.34. The summed E-state index contributed by atoms with van der Waals surface area (Å²) in [5, 5.41) is 9.60. The molecule has 5 rings (SSSR count). The van der Waals surface area contributed by atoms with Gasteiger partial charge in [-0.3, -0.25) is 9.59 Å². The van der Waals surface area contributed by atoms with Gasteiger partial charge >= 0.3 is 0 Å². The van der Waals surface area contributed by atoms with E-state index < -0.39 is 0 Å². The molecule has 4 nitrogen and oxygen atoms in total. The van der Waals surface area contributed by atoms with Gasteiger partial charge in [-0.1, -0.05) is 112 Å². The molecule has 260 valence electrons. The fourth-order valence-electron chi connectivity index (χ4n) is 7.61. The van der Waals surface area contributed by atoms with Crippen molar-refractivity contribution < 1.29 is 9.59 Å². The molecule has 2 aliphatic heterocycles. The van der Waals surface area contributed by atoms with E-state index in [2.05, 4.69) is 81.9 Å². The largest absolute Gasteiger partial charge is 0.321 e. The Morgan fingerprint density at radius 3 is 1.69 bits per heavy atom. The maximum atomic E-state index is 14.5. The lowest BCUT2D eigenvalue weighted by molar-refractivity contribution is -0.113. The third kappa shape index (κ3) is 8.18. The van der Waals surface area contributed by atoms with Crippen molar-refractivity contribution in [1.82, 2.24) is 0 Å². The summed E-state index contributed by atoms with van der Waals surface area (Å²) in [4.78, 5) is 32.2. The zero-order valence-corrected chi connectivity index (χ0v) is 32.0. The van der Waals surface area contributed by atoms with Crippen LogP contribution in [0, 0.1) is 17.8 Å². The van der Waals surface area contributed by atoms with Gasteiger partial charge in [-0.15, -0.1) is 22.7 Å². The number of fused-ring (bicyclic) bond motifs is 2. The molecule has 0 spiro atoms. The first-order valence-electron chi connectivity index (χ1n) is 19.1. The minimum atomic E-state index is -0.0370. The molecule has 0 bridgehead atoms. The Morgan fingerprint density at radius 2 is 1.17 bits per heavy atom. The lowest BCUT2D eigenvalue weighted by Gasteiger charge is -2.24. The molecule has 6 heteroatoms. The van der Waals surface area contributed by atoms with E-state index in [9.17, 15) is 9.59 Å². The number of rotatable bonds is 20. The number of nitrogens with zero attached hydrogens (tertiary/aromatic N) is 1. The topological polar surface area (TPSA) is 49.4 Å². The average Bonchev–Trinajstić information content (AvgIpc) is 3.87. The zero-order valence-electron chi connectivity index (χ0n) is 30.4. The van der Waals surface area contributed by atoms with Crippen LogP contribution in [0.2, 0.25) is 0 Å². The number of anilines is 2. The van der Waals surface area contributed by atoms with E-state index in [4.69, 9.17) is 0 Å². The third-order valence-corrected chi connectivity index (χ3v) is 12.8. The Kier molecular flexibility index (Phi) is 13.2. The predicted octanol–water partition coefficient (Wildman–Crippen LogP) is 10.2. The highest BCUT2D eigenvalue weighted by molar-refractivity contribution is 7.12. The van der Waals surface area contributed by atoms with E-state index in [0.29, 0.717) is 24.3 Å². The number of hydrogen-bond donors (Lipinski definition) is 1. The van der Waals surface area contributed by atoms with Crippen LogP contribution in [0.1, 0.15) is 139 Å². The molecular formula is C42H58N2O2S2.